The van der Waals surface area contributed by atoms with E-state index in [1.165, 1.54) is 31.9 Å². The fraction of sp³-hybridized carbons (Fsp3) is 0.500. The summed E-state index contributed by atoms with van der Waals surface area (Å²) in [7, 11) is 2.09. The van der Waals surface area contributed by atoms with Crippen molar-refractivity contribution < 1.29 is 8.78 Å². The van der Waals surface area contributed by atoms with E-state index in [9.17, 15) is 8.78 Å². The van der Waals surface area contributed by atoms with Gasteiger partial charge in [-0.15, -0.1) is 0 Å². The van der Waals surface area contributed by atoms with Crippen LogP contribution in [0.3, 0.4) is 0 Å². The molecule has 1 aromatic carbocycles. The van der Waals surface area contributed by atoms with Gasteiger partial charge in [0, 0.05) is 31.9 Å². The molecular formula is C18H24F2N2. The Balaban J connectivity index is 1.97. The van der Waals surface area contributed by atoms with Crippen molar-refractivity contribution >= 4 is 11.9 Å². The van der Waals surface area contributed by atoms with E-state index < -0.39 is 12.5 Å². The predicted octanol–water partition coefficient (Wildman–Crippen LogP) is 4.61. The van der Waals surface area contributed by atoms with E-state index in [0.29, 0.717) is 6.04 Å². The molecule has 0 saturated heterocycles. The second kappa shape index (κ2) is 7.03. The molecule has 0 radical (unpaired) electrons. The molecular weight excluding hydrogens is 282 g/mol. The molecule has 2 rings (SSSR count). The maximum atomic E-state index is 12.7. The van der Waals surface area contributed by atoms with Crippen LogP contribution in [0.2, 0.25) is 0 Å². The van der Waals surface area contributed by atoms with Crippen LogP contribution in [0, 0.1) is 0 Å². The molecule has 0 N–H and O–H groups in total. The largest absolute Gasteiger partial charge is 0.372 e. The number of rotatable bonds is 6. The molecule has 1 aliphatic carbocycles. The quantitative estimate of drug-likeness (QED) is 0.701. The first kappa shape index (κ1) is 16.7. The molecule has 0 aromatic heterocycles. The first-order valence-corrected chi connectivity index (χ1v) is 7.77. The minimum Gasteiger partial charge on any atom is -0.372 e. The zero-order chi connectivity index (χ0) is 16.2. The number of hydrogen-bond acceptors (Lipinski definition) is 2. The van der Waals surface area contributed by atoms with E-state index in [-0.39, 0.29) is 0 Å². The van der Waals surface area contributed by atoms with Crippen molar-refractivity contribution in [3.8, 4) is 0 Å². The van der Waals surface area contributed by atoms with Crippen LogP contribution in [-0.2, 0) is 0 Å². The molecule has 0 atom stereocenters. The Labute approximate surface area is 131 Å². The molecule has 1 saturated carbocycles. The van der Waals surface area contributed by atoms with Crippen LogP contribution in [0.1, 0.15) is 43.7 Å². The lowest BCUT2D eigenvalue weighted by atomic mass is 10.1. The van der Waals surface area contributed by atoms with Crippen molar-refractivity contribution in [2.45, 2.75) is 44.6 Å². The van der Waals surface area contributed by atoms with Crippen LogP contribution in [-0.4, -0.2) is 36.7 Å². The minimum absolute atomic E-state index is 0.480. The molecule has 0 spiro atoms. The molecule has 2 nitrogen and oxygen atoms in total. The highest BCUT2D eigenvalue weighted by atomic mass is 19.3. The highest BCUT2D eigenvalue weighted by Gasteiger charge is 2.21. The Morgan fingerprint density at radius 2 is 1.91 bits per heavy atom. The van der Waals surface area contributed by atoms with Gasteiger partial charge in [-0.3, -0.25) is 4.99 Å². The van der Waals surface area contributed by atoms with E-state index in [0.717, 1.165) is 23.7 Å². The van der Waals surface area contributed by atoms with E-state index in [1.807, 2.05) is 24.3 Å². The van der Waals surface area contributed by atoms with Crippen LogP contribution in [0.5, 0.6) is 0 Å². The van der Waals surface area contributed by atoms with Gasteiger partial charge in [0.15, 0.2) is 0 Å². The zero-order valence-corrected chi connectivity index (χ0v) is 13.4. The van der Waals surface area contributed by atoms with Crippen molar-refractivity contribution in [2.24, 2.45) is 4.99 Å². The second-order valence-electron chi connectivity index (χ2n) is 6.16. The summed E-state index contributed by atoms with van der Waals surface area (Å²) < 4.78 is 25.4. The number of benzene rings is 1. The third-order valence-electron chi connectivity index (χ3n) is 4.15. The predicted molar refractivity (Wildman–Crippen MR) is 88.6 cm³/mol. The van der Waals surface area contributed by atoms with Gasteiger partial charge in [0.2, 0.25) is 0 Å². The maximum Gasteiger partial charge on any atom is 0.264 e. The monoisotopic (exact) mass is 306 g/mol. The third-order valence-corrected chi connectivity index (χ3v) is 4.15. The van der Waals surface area contributed by atoms with Gasteiger partial charge in [-0.25, -0.2) is 8.78 Å². The first-order chi connectivity index (χ1) is 10.4. The van der Waals surface area contributed by atoms with E-state index in [4.69, 9.17) is 0 Å². The van der Waals surface area contributed by atoms with Crippen molar-refractivity contribution in [3.05, 3.63) is 42.0 Å². The van der Waals surface area contributed by atoms with Crippen LogP contribution >= 0.6 is 0 Å². The van der Waals surface area contributed by atoms with Gasteiger partial charge >= 0.3 is 0 Å². The fourth-order valence-corrected chi connectivity index (χ4v) is 2.79. The molecule has 0 unspecified atom stereocenters. The summed E-state index contributed by atoms with van der Waals surface area (Å²) in [5, 5.41) is 0. The summed E-state index contributed by atoms with van der Waals surface area (Å²) in [5.74, 6) is -2.76. The van der Waals surface area contributed by atoms with Crippen LogP contribution < -0.4 is 0 Å². The number of hydrogen-bond donors (Lipinski definition) is 0. The van der Waals surface area contributed by atoms with E-state index >= 15 is 0 Å². The first-order valence-electron chi connectivity index (χ1n) is 7.77. The Morgan fingerprint density at radius 1 is 1.32 bits per heavy atom. The van der Waals surface area contributed by atoms with Crippen LogP contribution in [0.25, 0.3) is 5.70 Å². The highest BCUT2D eigenvalue weighted by Crippen LogP contribution is 2.28. The molecule has 1 aliphatic rings. The summed E-state index contributed by atoms with van der Waals surface area (Å²) in [6.45, 7) is 4.58. The molecule has 0 heterocycles. The summed E-state index contributed by atoms with van der Waals surface area (Å²) in [6.07, 6.45) is 6.53. The molecule has 0 amide bonds. The standard InChI is InChI=1S/C18H24F2N2/c1-14(22(3)17-6-4-5-7-17)16-10-8-15(9-11-16)12-21-13-18(2,19)20/h8-12,17H,1,4-7,13H2,2-3H3. The topological polar surface area (TPSA) is 15.6 Å². The molecule has 0 aliphatic heterocycles. The third kappa shape index (κ3) is 4.65. The van der Waals surface area contributed by atoms with Gasteiger partial charge in [0.05, 0.1) is 0 Å². The lowest BCUT2D eigenvalue weighted by Crippen LogP contribution is -2.27. The zero-order valence-electron chi connectivity index (χ0n) is 13.4. The number of nitrogens with zero attached hydrogens (tertiary/aromatic N) is 2. The molecule has 1 aromatic rings. The van der Waals surface area contributed by atoms with Crippen molar-refractivity contribution in [2.75, 3.05) is 13.6 Å². The van der Waals surface area contributed by atoms with Crippen molar-refractivity contribution in [1.82, 2.24) is 4.90 Å². The summed E-state index contributed by atoms with van der Waals surface area (Å²) in [6, 6.07) is 8.31. The molecule has 4 heteroatoms. The molecule has 120 valence electrons. The summed E-state index contributed by atoms with van der Waals surface area (Å²) in [5.41, 5.74) is 2.90. The van der Waals surface area contributed by atoms with Gasteiger partial charge in [-0.05, 0) is 24.0 Å². The smallest absolute Gasteiger partial charge is 0.264 e. The fourth-order valence-electron chi connectivity index (χ4n) is 2.79. The number of halogens is 2. The Hall–Kier alpha value is -1.71. The van der Waals surface area contributed by atoms with Gasteiger partial charge in [0.1, 0.15) is 6.54 Å². The Morgan fingerprint density at radius 3 is 2.45 bits per heavy atom. The minimum atomic E-state index is -2.76. The SMILES string of the molecule is C=C(c1ccc(C=NCC(C)(F)F)cc1)N(C)C1CCCC1. The number of alkyl halides is 2. The van der Waals surface area contributed by atoms with Crippen LogP contribution in [0.4, 0.5) is 8.78 Å². The second-order valence-corrected chi connectivity index (χ2v) is 6.16. The Kier molecular flexibility index (Phi) is 5.33. The molecule has 0 bridgehead atoms. The van der Waals surface area contributed by atoms with Gasteiger partial charge in [0.25, 0.3) is 5.92 Å². The molecule has 22 heavy (non-hydrogen) atoms. The molecule has 1 fully saturated rings. The van der Waals surface area contributed by atoms with Crippen molar-refractivity contribution in [1.29, 1.82) is 0 Å². The average molecular weight is 306 g/mol. The van der Waals surface area contributed by atoms with E-state index in [2.05, 4.69) is 23.5 Å². The lowest BCUT2D eigenvalue weighted by molar-refractivity contribution is 0.0328. The normalized spacial score (nSPS) is 16.4. The van der Waals surface area contributed by atoms with E-state index in [1.54, 1.807) is 0 Å². The van der Waals surface area contributed by atoms with Crippen LogP contribution in [0.15, 0.2) is 35.8 Å². The van der Waals surface area contributed by atoms with Crippen molar-refractivity contribution in [3.63, 3.8) is 0 Å². The number of aliphatic imine (C=N–C) groups is 1. The van der Waals surface area contributed by atoms with Gasteiger partial charge < -0.3 is 4.90 Å². The summed E-state index contributed by atoms with van der Waals surface area (Å²) >= 11 is 0. The lowest BCUT2D eigenvalue weighted by Gasteiger charge is -2.28. The highest BCUT2D eigenvalue weighted by molar-refractivity contribution is 5.80. The van der Waals surface area contributed by atoms with Gasteiger partial charge in [-0.2, -0.15) is 0 Å². The Bertz CT molecular complexity index is 523. The van der Waals surface area contributed by atoms with Gasteiger partial charge in [-0.1, -0.05) is 43.7 Å². The average Bonchev–Trinajstić information content (AvgIpc) is 2.99. The maximum absolute atomic E-state index is 12.7. The summed E-state index contributed by atoms with van der Waals surface area (Å²) in [4.78, 5) is 6.04.